The van der Waals surface area contributed by atoms with Crippen molar-refractivity contribution in [2.75, 3.05) is 10.6 Å². The van der Waals surface area contributed by atoms with E-state index in [-0.39, 0.29) is 45.3 Å². The summed E-state index contributed by atoms with van der Waals surface area (Å²) >= 11 is 9.28. The van der Waals surface area contributed by atoms with Crippen molar-refractivity contribution in [3.8, 4) is 34.3 Å². The SMILES string of the molecule is CC1(C)OB(c2cccnc2)OC1(C)C.C[C@H](Nc1nc2ccc(Oc3ccnc(-c4cccnc4)c3)cc2s1)C1CCCCC1.C[C@H](Nc1nc2ccc(Oc3ccnc(Cl)c3)cc2s1)C1CCCCC1.S.S. The standard InChI is InChI=1S/C25H26N4OS.C20H22ClN3OS.C11H16BNO2.2H2S/c1-17(18-6-3-2-4-7-18)28-25-29-22-10-9-20(15-24(22)31-25)30-21-11-13-27-23(14-21)19-8-5-12-26-16-19;1-13(14-5-3-2-4-6-14)23-20-24-17-8-7-15(11-18(17)26-20)25-16-9-10-22-19(21)12-16;1-10(2)11(3,4)15-12(14-10)9-6-5-7-13-8-9;;/h5,8-18H,2-4,6-7H2,1H3,(H,28,29);7-14H,2-6H2,1H3,(H,23,24);5-8H,1-4H3;2*1H2/t17-;13-;;;/m00.../s1. The molecule has 2 atom stereocenters. The van der Waals surface area contributed by atoms with Crippen LogP contribution in [0.5, 0.6) is 23.0 Å². The highest BCUT2D eigenvalue weighted by Crippen LogP contribution is 2.38. The molecule has 2 aromatic carbocycles. The van der Waals surface area contributed by atoms with Crippen LogP contribution in [-0.4, -0.2) is 60.3 Å². The Labute approximate surface area is 463 Å². The summed E-state index contributed by atoms with van der Waals surface area (Å²) in [6, 6.07) is 28.0. The number of rotatable bonds is 12. The Morgan fingerprint density at radius 3 is 1.57 bits per heavy atom. The van der Waals surface area contributed by atoms with Crippen LogP contribution >= 0.6 is 61.3 Å². The Morgan fingerprint density at radius 2 is 1.08 bits per heavy atom. The zero-order valence-corrected chi connectivity index (χ0v) is 47.4. The summed E-state index contributed by atoms with van der Waals surface area (Å²) in [6.45, 7) is 12.8. The van der Waals surface area contributed by atoms with Crippen LogP contribution in [-0.2, 0) is 9.31 Å². The zero-order chi connectivity index (χ0) is 50.1. The molecular formula is C56H68BClN8O4S4. The minimum absolute atomic E-state index is 0. The Balaban J connectivity index is 0.000000169. The first-order valence-electron chi connectivity index (χ1n) is 25.3. The molecule has 390 valence electrons. The fourth-order valence-corrected chi connectivity index (χ4v) is 11.5. The lowest BCUT2D eigenvalue weighted by atomic mass is 9.80. The van der Waals surface area contributed by atoms with Gasteiger partial charge in [-0.15, -0.1) is 0 Å². The largest absolute Gasteiger partial charge is 0.496 e. The molecule has 1 aliphatic heterocycles. The lowest BCUT2D eigenvalue weighted by Gasteiger charge is -2.32. The van der Waals surface area contributed by atoms with Gasteiger partial charge in [-0.2, -0.15) is 27.0 Å². The van der Waals surface area contributed by atoms with Crippen LogP contribution < -0.4 is 25.6 Å². The van der Waals surface area contributed by atoms with Gasteiger partial charge < -0.3 is 29.4 Å². The van der Waals surface area contributed by atoms with Crippen LogP contribution in [0.25, 0.3) is 31.7 Å². The molecule has 2 saturated carbocycles. The number of pyridine rings is 4. The summed E-state index contributed by atoms with van der Waals surface area (Å²) < 4.78 is 26.0. The Hall–Kier alpha value is -5.01. The first-order chi connectivity index (χ1) is 34.8. The number of hydrogen-bond donors (Lipinski definition) is 2. The Kier molecular flexibility index (Phi) is 20.1. The molecule has 0 amide bonds. The highest BCUT2D eigenvalue weighted by atomic mass is 35.5. The van der Waals surface area contributed by atoms with Crippen LogP contribution in [0.15, 0.2) is 122 Å². The van der Waals surface area contributed by atoms with Crippen molar-refractivity contribution in [2.45, 2.75) is 129 Å². The molecule has 0 spiro atoms. The van der Waals surface area contributed by atoms with Gasteiger partial charge in [0.05, 0.1) is 37.3 Å². The summed E-state index contributed by atoms with van der Waals surface area (Å²) in [5, 5.41) is 9.67. The minimum Gasteiger partial charge on any atom is -0.457 e. The van der Waals surface area contributed by atoms with Crippen LogP contribution in [0, 0.1) is 11.8 Å². The van der Waals surface area contributed by atoms with E-state index in [1.165, 1.54) is 64.2 Å². The summed E-state index contributed by atoms with van der Waals surface area (Å²) in [7, 11) is -0.302. The number of nitrogens with one attached hydrogen (secondary N) is 2. The minimum atomic E-state index is -0.302. The third kappa shape index (κ3) is 14.9. The average Bonchev–Trinajstić information content (AvgIpc) is 4.06. The van der Waals surface area contributed by atoms with Crippen molar-refractivity contribution in [2.24, 2.45) is 11.8 Å². The van der Waals surface area contributed by atoms with E-state index in [4.69, 9.17) is 40.4 Å². The van der Waals surface area contributed by atoms with Gasteiger partial charge >= 0.3 is 7.12 Å². The van der Waals surface area contributed by atoms with Crippen molar-refractivity contribution in [3.63, 3.8) is 0 Å². The lowest BCUT2D eigenvalue weighted by Crippen LogP contribution is -2.41. The van der Waals surface area contributed by atoms with Crippen molar-refractivity contribution in [3.05, 3.63) is 127 Å². The van der Waals surface area contributed by atoms with Gasteiger partial charge in [0.2, 0.25) is 0 Å². The maximum absolute atomic E-state index is 6.13. The predicted molar refractivity (Wildman–Crippen MR) is 316 cm³/mol. The second-order valence-corrected chi connectivity index (χ2v) is 22.4. The highest BCUT2D eigenvalue weighted by Gasteiger charge is 2.51. The normalized spacial score (nSPS) is 17.0. The highest BCUT2D eigenvalue weighted by molar-refractivity contribution is 7.59. The van der Waals surface area contributed by atoms with Gasteiger partial charge in [0, 0.05) is 84.6 Å². The molecule has 74 heavy (non-hydrogen) atoms. The number of benzene rings is 2. The number of nitrogens with zero attached hydrogens (tertiary/aromatic N) is 6. The van der Waals surface area contributed by atoms with Gasteiger partial charge in [-0.1, -0.05) is 78.9 Å². The van der Waals surface area contributed by atoms with E-state index in [1.807, 2.05) is 94.4 Å². The van der Waals surface area contributed by atoms with E-state index in [9.17, 15) is 0 Å². The van der Waals surface area contributed by atoms with Crippen LogP contribution in [0.4, 0.5) is 10.3 Å². The molecule has 0 radical (unpaired) electrons. The van der Waals surface area contributed by atoms with Crippen molar-refractivity contribution >= 4 is 105 Å². The molecule has 2 N–H and O–H groups in total. The Bertz CT molecular complexity index is 3000. The number of ether oxygens (including phenoxy) is 2. The van der Waals surface area contributed by atoms with Crippen LogP contribution in [0.1, 0.15) is 106 Å². The molecule has 18 heteroatoms. The van der Waals surface area contributed by atoms with Gasteiger partial charge in [-0.25, -0.2) is 15.0 Å². The molecule has 6 aromatic heterocycles. The number of anilines is 2. The zero-order valence-electron chi connectivity index (χ0n) is 43.0. The Morgan fingerprint density at radius 1 is 0.595 bits per heavy atom. The lowest BCUT2D eigenvalue weighted by molar-refractivity contribution is 0.00578. The molecule has 0 unspecified atom stereocenters. The fraction of sp³-hybridized carbons (Fsp3) is 0.393. The maximum atomic E-state index is 6.13. The summed E-state index contributed by atoms with van der Waals surface area (Å²) in [5.41, 5.74) is 4.20. The summed E-state index contributed by atoms with van der Waals surface area (Å²) in [5.74, 6) is 4.51. The van der Waals surface area contributed by atoms with Gasteiger partial charge in [0.1, 0.15) is 28.2 Å². The fourth-order valence-electron chi connectivity index (χ4n) is 9.32. The number of hydrogen-bond acceptors (Lipinski definition) is 14. The predicted octanol–water partition coefficient (Wildman–Crippen LogP) is 15.1. The number of fused-ring (bicyclic) bond motifs is 2. The van der Waals surface area contributed by atoms with E-state index >= 15 is 0 Å². The molecular weight excluding hydrogens is 1020 g/mol. The molecule has 12 nitrogen and oxygen atoms in total. The second kappa shape index (κ2) is 26.2. The first kappa shape index (κ1) is 56.7. The monoisotopic (exact) mass is 1090 g/mol. The van der Waals surface area contributed by atoms with E-state index in [2.05, 4.69) is 50.5 Å². The van der Waals surface area contributed by atoms with E-state index in [1.54, 1.807) is 72.0 Å². The van der Waals surface area contributed by atoms with Gasteiger partial charge in [-0.05, 0) is 134 Å². The van der Waals surface area contributed by atoms with Crippen molar-refractivity contribution in [1.82, 2.24) is 29.9 Å². The smallest absolute Gasteiger partial charge is 0.457 e. The summed E-state index contributed by atoms with van der Waals surface area (Å²) in [4.78, 5) is 26.2. The van der Waals surface area contributed by atoms with Crippen LogP contribution in [0.2, 0.25) is 5.15 Å². The van der Waals surface area contributed by atoms with Gasteiger partial charge in [-0.3, -0.25) is 15.0 Å². The second-order valence-electron chi connectivity index (χ2n) is 20.0. The number of halogens is 1. The van der Waals surface area contributed by atoms with E-state index in [0.717, 1.165) is 76.5 Å². The molecule has 7 heterocycles. The van der Waals surface area contributed by atoms with Crippen LogP contribution in [0.3, 0.4) is 0 Å². The van der Waals surface area contributed by atoms with E-state index < -0.39 is 0 Å². The number of thiazole rings is 2. The molecule has 2 aliphatic carbocycles. The quantitative estimate of drug-likeness (QED) is 0.0889. The van der Waals surface area contributed by atoms with Crippen molar-refractivity contribution < 1.29 is 18.8 Å². The molecule has 11 rings (SSSR count). The van der Waals surface area contributed by atoms with Gasteiger partial charge in [0.15, 0.2) is 10.3 Å². The van der Waals surface area contributed by atoms with Crippen molar-refractivity contribution in [1.29, 1.82) is 0 Å². The van der Waals surface area contributed by atoms with E-state index in [0.29, 0.717) is 23.0 Å². The molecule has 8 aromatic rings. The molecule has 3 fully saturated rings. The third-order valence-corrected chi connectivity index (χ3v) is 16.3. The summed E-state index contributed by atoms with van der Waals surface area (Å²) in [6.07, 6.45) is 24.0. The van der Waals surface area contributed by atoms with Gasteiger partial charge in [0.25, 0.3) is 0 Å². The molecule has 1 saturated heterocycles. The molecule has 0 bridgehead atoms. The first-order valence-corrected chi connectivity index (χ1v) is 27.3. The topological polar surface area (TPSA) is 138 Å². The molecule has 3 aliphatic rings. The average molecular weight is 1090 g/mol. The number of aromatic nitrogens is 6. The third-order valence-electron chi connectivity index (χ3n) is 14.2. The maximum Gasteiger partial charge on any atom is 0.496 e.